The van der Waals surface area contributed by atoms with E-state index in [-0.39, 0.29) is 0 Å². The molecule has 0 aliphatic heterocycles. The Bertz CT molecular complexity index is 477. The van der Waals surface area contributed by atoms with E-state index in [1.165, 1.54) is 5.56 Å². The molecule has 0 N–H and O–H groups in total. The first-order chi connectivity index (χ1) is 7.56. The molecule has 0 atom stereocenters. The largest absolute Gasteiger partial charge is 0.270 e. The minimum atomic E-state index is 0.401. The topological polar surface area (TPSA) is 30.7 Å². The monoisotopic (exact) mass is 215 g/mol. The van der Waals surface area contributed by atoms with Crippen molar-refractivity contribution < 1.29 is 0 Å². The van der Waals surface area contributed by atoms with Crippen molar-refractivity contribution in [3.63, 3.8) is 0 Å². The molecule has 0 radical (unpaired) electrons. The van der Waals surface area contributed by atoms with E-state index in [4.69, 9.17) is 0 Å². The lowest BCUT2D eigenvalue weighted by Crippen LogP contribution is -1.99. The van der Waals surface area contributed by atoms with E-state index in [2.05, 4.69) is 42.3 Å². The molecule has 3 nitrogen and oxygen atoms in total. The van der Waals surface area contributed by atoms with Crippen LogP contribution in [0.25, 0.3) is 11.1 Å². The van der Waals surface area contributed by atoms with Gasteiger partial charge in [0.05, 0.1) is 6.20 Å². The Labute approximate surface area is 96.1 Å². The average molecular weight is 215 g/mol. The number of nitrogens with zero attached hydrogens (tertiary/aromatic N) is 3. The van der Waals surface area contributed by atoms with Crippen LogP contribution in [0.15, 0.2) is 24.5 Å². The van der Waals surface area contributed by atoms with Crippen molar-refractivity contribution in [1.82, 2.24) is 14.8 Å². The molecule has 0 saturated carbocycles. The molecular formula is C13H17N3. The van der Waals surface area contributed by atoms with E-state index >= 15 is 0 Å². The van der Waals surface area contributed by atoms with E-state index in [0.29, 0.717) is 6.04 Å². The minimum Gasteiger partial charge on any atom is -0.270 e. The smallest absolute Gasteiger partial charge is 0.0568 e. The maximum absolute atomic E-state index is 4.37. The second kappa shape index (κ2) is 4.08. The summed E-state index contributed by atoms with van der Waals surface area (Å²) < 4.78 is 1.97. The van der Waals surface area contributed by atoms with Gasteiger partial charge in [-0.15, -0.1) is 0 Å². The molecule has 0 aliphatic rings. The second-order valence-electron chi connectivity index (χ2n) is 4.44. The predicted molar refractivity (Wildman–Crippen MR) is 65.3 cm³/mol. The van der Waals surface area contributed by atoms with Gasteiger partial charge in [0.2, 0.25) is 0 Å². The highest BCUT2D eigenvalue weighted by Gasteiger charge is 2.05. The van der Waals surface area contributed by atoms with Gasteiger partial charge in [-0.05, 0) is 45.4 Å². The van der Waals surface area contributed by atoms with Gasteiger partial charge in [-0.2, -0.15) is 5.10 Å². The van der Waals surface area contributed by atoms with Crippen LogP contribution in [0, 0.1) is 13.8 Å². The van der Waals surface area contributed by atoms with Crippen LogP contribution in [0.3, 0.4) is 0 Å². The van der Waals surface area contributed by atoms with Gasteiger partial charge in [-0.25, -0.2) is 0 Å². The minimum absolute atomic E-state index is 0.401. The molecule has 2 heterocycles. The fraction of sp³-hybridized carbons (Fsp3) is 0.385. The zero-order chi connectivity index (χ0) is 11.7. The normalized spacial score (nSPS) is 11.1. The number of aromatic nitrogens is 3. The van der Waals surface area contributed by atoms with Crippen LogP contribution < -0.4 is 0 Å². The van der Waals surface area contributed by atoms with Crippen LogP contribution in [0.1, 0.15) is 31.3 Å². The first kappa shape index (κ1) is 10.9. The summed E-state index contributed by atoms with van der Waals surface area (Å²) in [4.78, 5) is 4.37. The summed E-state index contributed by atoms with van der Waals surface area (Å²) >= 11 is 0. The predicted octanol–water partition coefficient (Wildman–Crippen LogP) is 3.14. The van der Waals surface area contributed by atoms with E-state index in [9.17, 15) is 0 Å². The zero-order valence-corrected chi connectivity index (χ0v) is 10.2. The third kappa shape index (κ3) is 2.13. The Kier molecular flexibility index (Phi) is 2.77. The molecule has 0 bridgehead atoms. The standard InChI is InChI=1S/C13H17N3/c1-9(2)16-8-13(7-14-16)12-5-10(3)15-11(4)6-12/h5-9H,1-4H3. The van der Waals surface area contributed by atoms with Crippen molar-refractivity contribution >= 4 is 0 Å². The fourth-order valence-corrected chi connectivity index (χ4v) is 1.77. The lowest BCUT2D eigenvalue weighted by atomic mass is 10.1. The van der Waals surface area contributed by atoms with Crippen molar-refractivity contribution in [2.75, 3.05) is 0 Å². The Morgan fingerprint density at radius 3 is 2.19 bits per heavy atom. The van der Waals surface area contributed by atoms with Crippen LogP contribution in [-0.4, -0.2) is 14.8 Å². The molecule has 0 fully saturated rings. The molecule has 0 saturated heterocycles. The van der Waals surface area contributed by atoms with Crippen molar-refractivity contribution in [3.8, 4) is 11.1 Å². The number of aryl methyl sites for hydroxylation is 2. The van der Waals surface area contributed by atoms with Crippen molar-refractivity contribution in [3.05, 3.63) is 35.9 Å². The van der Waals surface area contributed by atoms with Gasteiger partial charge in [0.1, 0.15) is 0 Å². The number of rotatable bonds is 2. The van der Waals surface area contributed by atoms with Crippen LogP contribution >= 0.6 is 0 Å². The summed E-state index contributed by atoms with van der Waals surface area (Å²) in [5, 5.41) is 4.35. The van der Waals surface area contributed by atoms with E-state index in [1.54, 1.807) is 0 Å². The van der Waals surface area contributed by atoms with Crippen molar-refractivity contribution in [2.24, 2.45) is 0 Å². The van der Waals surface area contributed by atoms with Gasteiger partial charge in [0, 0.05) is 29.2 Å². The molecule has 0 amide bonds. The number of hydrogen-bond acceptors (Lipinski definition) is 2. The van der Waals surface area contributed by atoms with Crippen LogP contribution in [-0.2, 0) is 0 Å². The van der Waals surface area contributed by atoms with Gasteiger partial charge in [-0.1, -0.05) is 0 Å². The molecule has 0 aromatic carbocycles. The van der Waals surface area contributed by atoms with Gasteiger partial charge in [0.15, 0.2) is 0 Å². The first-order valence-corrected chi connectivity index (χ1v) is 5.56. The van der Waals surface area contributed by atoms with Gasteiger partial charge in [0.25, 0.3) is 0 Å². The summed E-state index contributed by atoms with van der Waals surface area (Å²) in [6, 6.07) is 4.58. The molecule has 3 heteroatoms. The quantitative estimate of drug-likeness (QED) is 0.770. The summed E-state index contributed by atoms with van der Waals surface area (Å²) in [6.45, 7) is 8.28. The van der Waals surface area contributed by atoms with Crippen LogP contribution in [0.5, 0.6) is 0 Å². The molecule has 84 valence electrons. The molecular weight excluding hydrogens is 198 g/mol. The molecule has 2 aromatic rings. The maximum atomic E-state index is 4.37. The third-order valence-electron chi connectivity index (χ3n) is 2.55. The molecule has 16 heavy (non-hydrogen) atoms. The van der Waals surface area contributed by atoms with E-state index in [1.807, 2.05) is 24.7 Å². The molecule has 2 aromatic heterocycles. The van der Waals surface area contributed by atoms with Crippen molar-refractivity contribution in [2.45, 2.75) is 33.7 Å². The lowest BCUT2D eigenvalue weighted by Gasteiger charge is -2.04. The lowest BCUT2D eigenvalue weighted by molar-refractivity contribution is 0.532. The Balaban J connectivity index is 2.42. The molecule has 2 rings (SSSR count). The summed E-state index contributed by atoms with van der Waals surface area (Å²) in [7, 11) is 0. The highest BCUT2D eigenvalue weighted by Crippen LogP contribution is 2.21. The Morgan fingerprint density at radius 1 is 1.06 bits per heavy atom. The Hall–Kier alpha value is -1.64. The average Bonchev–Trinajstić information content (AvgIpc) is 2.64. The highest BCUT2D eigenvalue weighted by atomic mass is 15.3. The van der Waals surface area contributed by atoms with E-state index in [0.717, 1.165) is 17.0 Å². The fourth-order valence-electron chi connectivity index (χ4n) is 1.77. The highest BCUT2D eigenvalue weighted by molar-refractivity contribution is 5.62. The van der Waals surface area contributed by atoms with Gasteiger partial charge in [-0.3, -0.25) is 9.67 Å². The molecule has 0 aliphatic carbocycles. The number of pyridine rings is 1. The second-order valence-corrected chi connectivity index (χ2v) is 4.44. The summed E-state index contributed by atoms with van der Waals surface area (Å²) in [6.07, 6.45) is 3.99. The van der Waals surface area contributed by atoms with Gasteiger partial charge < -0.3 is 0 Å². The number of hydrogen-bond donors (Lipinski definition) is 0. The SMILES string of the molecule is Cc1cc(-c2cnn(C(C)C)c2)cc(C)n1. The summed E-state index contributed by atoms with van der Waals surface area (Å²) in [5.74, 6) is 0. The zero-order valence-electron chi connectivity index (χ0n) is 10.2. The Morgan fingerprint density at radius 2 is 1.69 bits per heavy atom. The van der Waals surface area contributed by atoms with Crippen LogP contribution in [0.2, 0.25) is 0 Å². The molecule has 0 unspecified atom stereocenters. The van der Waals surface area contributed by atoms with Gasteiger partial charge >= 0.3 is 0 Å². The third-order valence-corrected chi connectivity index (χ3v) is 2.55. The maximum Gasteiger partial charge on any atom is 0.0568 e. The molecule has 0 spiro atoms. The summed E-state index contributed by atoms with van der Waals surface area (Å²) in [5.41, 5.74) is 4.44. The first-order valence-electron chi connectivity index (χ1n) is 5.56. The van der Waals surface area contributed by atoms with Crippen molar-refractivity contribution in [1.29, 1.82) is 0 Å². The van der Waals surface area contributed by atoms with E-state index < -0.39 is 0 Å². The van der Waals surface area contributed by atoms with Crippen LogP contribution in [0.4, 0.5) is 0 Å².